The molecule has 0 bridgehead atoms. The molecule has 2 aliphatic rings. The zero-order valence-electron chi connectivity index (χ0n) is 25.2. The summed E-state index contributed by atoms with van der Waals surface area (Å²) in [4.78, 5) is 12.6. The summed E-state index contributed by atoms with van der Waals surface area (Å²) < 4.78 is 26.8. The summed E-state index contributed by atoms with van der Waals surface area (Å²) in [7, 11) is 0. The van der Waals surface area contributed by atoms with Crippen molar-refractivity contribution >= 4 is 5.91 Å². The standard InChI is InChI=1S/C38H41NO5/c1-28(40)39-34-33-22-38(33,27-41-23-29-14-6-2-7-15-29)37(44-26-32-20-12-5-13-21-32)36(43-25-31-18-10-4-11-19-31)35(34)42-24-30-16-8-3-9-17-30/h2-21,33-37H,22-27H2,1H3,(H,39,40)/t33-,34+,35+,36-,37+,38+/m1/s1. The molecule has 0 aromatic heterocycles. The summed E-state index contributed by atoms with van der Waals surface area (Å²) in [5, 5.41) is 3.26. The molecule has 44 heavy (non-hydrogen) atoms. The fourth-order valence-corrected chi connectivity index (χ4v) is 6.63. The van der Waals surface area contributed by atoms with E-state index < -0.39 is 12.2 Å². The average molecular weight is 592 g/mol. The normalized spacial score (nSPS) is 25.6. The van der Waals surface area contributed by atoms with Crippen molar-refractivity contribution in [2.75, 3.05) is 6.61 Å². The third-order valence-electron chi connectivity index (χ3n) is 8.85. The lowest BCUT2D eigenvalue weighted by molar-refractivity contribution is -0.207. The van der Waals surface area contributed by atoms with Crippen molar-refractivity contribution in [3.05, 3.63) is 144 Å². The second kappa shape index (κ2) is 14.3. The minimum atomic E-state index is -0.446. The Morgan fingerprint density at radius 1 is 0.636 bits per heavy atom. The molecule has 6 heteroatoms. The van der Waals surface area contributed by atoms with E-state index in [9.17, 15) is 4.79 Å². The first-order valence-corrected chi connectivity index (χ1v) is 15.5. The molecule has 2 aliphatic carbocycles. The summed E-state index contributed by atoms with van der Waals surface area (Å²) in [5.41, 5.74) is 4.02. The van der Waals surface area contributed by atoms with E-state index >= 15 is 0 Å². The van der Waals surface area contributed by atoms with Crippen LogP contribution in [0.2, 0.25) is 0 Å². The van der Waals surface area contributed by atoms with Gasteiger partial charge in [0.2, 0.25) is 5.91 Å². The van der Waals surface area contributed by atoms with Crippen LogP contribution in [0.1, 0.15) is 35.6 Å². The summed E-state index contributed by atoms with van der Waals surface area (Å²) in [6.45, 7) is 3.83. The first-order chi connectivity index (χ1) is 21.6. The number of hydrogen-bond acceptors (Lipinski definition) is 5. The zero-order valence-corrected chi connectivity index (χ0v) is 25.2. The van der Waals surface area contributed by atoms with Crippen LogP contribution < -0.4 is 5.32 Å². The van der Waals surface area contributed by atoms with Gasteiger partial charge in [-0.1, -0.05) is 121 Å². The molecular weight excluding hydrogens is 550 g/mol. The minimum Gasteiger partial charge on any atom is -0.376 e. The number of carbonyl (C=O) groups is 1. The number of fused-ring (bicyclic) bond motifs is 1. The van der Waals surface area contributed by atoms with Gasteiger partial charge < -0.3 is 24.3 Å². The summed E-state index contributed by atoms with van der Waals surface area (Å²) >= 11 is 0. The molecule has 1 N–H and O–H groups in total. The highest BCUT2D eigenvalue weighted by Crippen LogP contribution is 2.63. The van der Waals surface area contributed by atoms with Crippen molar-refractivity contribution in [3.8, 4) is 0 Å². The van der Waals surface area contributed by atoms with E-state index in [1.165, 1.54) is 0 Å². The first kappa shape index (κ1) is 30.2. The van der Waals surface area contributed by atoms with Crippen molar-refractivity contribution in [1.82, 2.24) is 5.32 Å². The van der Waals surface area contributed by atoms with Crippen molar-refractivity contribution in [3.63, 3.8) is 0 Å². The lowest BCUT2D eigenvalue weighted by atomic mass is 9.78. The molecule has 0 saturated heterocycles. The Hall–Kier alpha value is -3.81. The van der Waals surface area contributed by atoms with Crippen molar-refractivity contribution < 1.29 is 23.7 Å². The number of hydrogen-bond donors (Lipinski definition) is 1. The first-order valence-electron chi connectivity index (χ1n) is 15.5. The van der Waals surface area contributed by atoms with Gasteiger partial charge in [0, 0.05) is 12.3 Å². The van der Waals surface area contributed by atoms with Gasteiger partial charge in [0.1, 0.15) is 12.2 Å². The van der Waals surface area contributed by atoms with E-state index in [-0.39, 0.29) is 29.4 Å². The zero-order chi connectivity index (χ0) is 30.2. The fourth-order valence-electron chi connectivity index (χ4n) is 6.63. The Morgan fingerprint density at radius 2 is 1.07 bits per heavy atom. The second-order valence-electron chi connectivity index (χ2n) is 12.0. The Balaban J connectivity index is 1.32. The molecule has 0 heterocycles. The molecule has 0 spiro atoms. The summed E-state index contributed by atoms with van der Waals surface area (Å²) in [5.74, 6) is 0.0417. The Labute approximate surface area is 260 Å². The topological polar surface area (TPSA) is 66.0 Å². The Bertz CT molecular complexity index is 1450. The average Bonchev–Trinajstić information content (AvgIpc) is 3.80. The number of rotatable bonds is 14. The molecule has 4 aromatic rings. The lowest BCUT2D eigenvalue weighted by Crippen LogP contribution is -2.62. The van der Waals surface area contributed by atoms with Gasteiger partial charge in [-0.3, -0.25) is 4.79 Å². The van der Waals surface area contributed by atoms with E-state index in [1.54, 1.807) is 6.92 Å². The fraction of sp³-hybridized carbons (Fsp3) is 0.342. The highest BCUT2D eigenvalue weighted by atomic mass is 16.6. The highest BCUT2D eigenvalue weighted by Gasteiger charge is 2.71. The van der Waals surface area contributed by atoms with Crippen LogP contribution >= 0.6 is 0 Å². The maximum absolute atomic E-state index is 12.6. The molecule has 228 valence electrons. The summed E-state index contributed by atoms with van der Waals surface area (Å²) in [6, 6.07) is 40.5. The number of benzene rings is 4. The van der Waals surface area contributed by atoms with Gasteiger partial charge in [0.05, 0.1) is 45.2 Å². The maximum atomic E-state index is 12.6. The van der Waals surface area contributed by atoms with E-state index in [2.05, 4.69) is 53.8 Å². The molecule has 0 radical (unpaired) electrons. The van der Waals surface area contributed by atoms with E-state index in [0.29, 0.717) is 33.0 Å². The molecule has 2 saturated carbocycles. The second-order valence-corrected chi connectivity index (χ2v) is 12.0. The molecule has 0 aliphatic heterocycles. The van der Waals surface area contributed by atoms with Gasteiger partial charge >= 0.3 is 0 Å². The molecule has 6 atom stereocenters. The van der Waals surface area contributed by atoms with Crippen molar-refractivity contribution in [2.45, 2.75) is 64.1 Å². The number of amides is 1. The van der Waals surface area contributed by atoms with Crippen LogP contribution in [0.3, 0.4) is 0 Å². The summed E-state index contributed by atoms with van der Waals surface area (Å²) in [6.07, 6.45) is -0.322. The van der Waals surface area contributed by atoms with Gasteiger partial charge in [-0.2, -0.15) is 0 Å². The van der Waals surface area contributed by atoms with Gasteiger partial charge in [-0.15, -0.1) is 0 Å². The number of ether oxygens (including phenoxy) is 4. The molecule has 1 amide bonds. The van der Waals surface area contributed by atoms with E-state index in [4.69, 9.17) is 18.9 Å². The largest absolute Gasteiger partial charge is 0.376 e. The maximum Gasteiger partial charge on any atom is 0.217 e. The molecule has 4 aromatic carbocycles. The number of nitrogens with one attached hydrogen (secondary N) is 1. The number of carbonyl (C=O) groups excluding carboxylic acids is 1. The molecule has 6 rings (SSSR count). The molecule has 0 unspecified atom stereocenters. The van der Waals surface area contributed by atoms with Crippen LogP contribution in [0.25, 0.3) is 0 Å². The van der Waals surface area contributed by atoms with Crippen LogP contribution in [0.15, 0.2) is 121 Å². The molecule has 6 nitrogen and oxygen atoms in total. The van der Waals surface area contributed by atoms with Crippen LogP contribution in [-0.4, -0.2) is 36.9 Å². The quantitative estimate of drug-likeness (QED) is 0.182. The SMILES string of the molecule is CC(=O)N[C@@H]1[C@H](OCc2ccccc2)[C@@H](OCc2ccccc2)[C@H](OCc2ccccc2)[C@]2(COCc3ccccc3)C[C@H]12. The Kier molecular flexibility index (Phi) is 9.83. The molecular formula is C38H41NO5. The van der Waals surface area contributed by atoms with E-state index in [0.717, 1.165) is 28.7 Å². The predicted octanol–water partition coefficient (Wildman–Crippen LogP) is 6.48. The third kappa shape index (κ3) is 7.28. The Morgan fingerprint density at radius 3 is 1.55 bits per heavy atom. The van der Waals surface area contributed by atoms with Crippen molar-refractivity contribution in [1.29, 1.82) is 0 Å². The van der Waals surface area contributed by atoms with Crippen LogP contribution in [0.4, 0.5) is 0 Å². The van der Waals surface area contributed by atoms with E-state index in [1.807, 2.05) is 72.8 Å². The minimum absolute atomic E-state index is 0.0835. The van der Waals surface area contributed by atoms with Gasteiger partial charge in [-0.05, 0) is 34.6 Å². The van der Waals surface area contributed by atoms with Gasteiger partial charge in [0.25, 0.3) is 0 Å². The third-order valence-corrected chi connectivity index (χ3v) is 8.85. The smallest absolute Gasteiger partial charge is 0.217 e. The van der Waals surface area contributed by atoms with Crippen LogP contribution in [0, 0.1) is 11.3 Å². The predicted molar refractivity (Wildman–Crippen MR) is 169 cm³/mol. The van der Waals surface area contributed by atoms with Crippen LogP contribution in [-0.2, 0) is 50.2 Å². The molecule has 2 fully saturated rings. The van der Waals surface area contributed by atoms with Crippen LogP contribution in [0.5, 0.6) is 0 Å². The van der Waals surface area contributed by atoms with Crippen molar-refractivity contribution in [2.24, 2.45) is 11.3 Å². The monoisotopic (exact) mass is 591 g/mol. The highest BCUT2D eigenvalue weighted by molar-refractivity contribution is 5.73. The van der Waals surface area contributed by atoms with Gasteiger partial charge in [0.15, 0.2) is 0 Å². The van der Waals surface area contributed by atoms with Gasteiger partial charge in [-0.25, -0.2) is 0 Å². The lowest BCUT2D eigenvalue weighted by Gasteiger charge is -2.46.